The van der Waals surface area contributed by atoms with Crippen LogP contribution in [-0.2, 0) is 17.8 Å². The number of pyridine rings is 1. The Hall–Kier alpha value is -2.95. The topological polar surface area (TPSA) is 59.8 Å². The average Bonchev–Trinajstić information content (AvgIpc) is 3.11. The second-order valence-corrected chi connectivity index (χ2v) is 6.69. The summed E-state index contributed by atoms with van der Waals surface area (Å²) >= 11 is 0. The quantitative estimate of drug-likeness (QED) is 0.788. The summed E-state index contributed by atoms with van der Waals surface area (Å²) in [6.07, 6.45) is 8.43. The Morgan fingerprint density at radius 2 is 2.08 bits per heavy atom. The second-order valence-electron chi connectivity index (χ2n) is 6.69. The van der Waals surface area contributed by atoms with Gasteiger partial charge in [-0.1, -0.05) is 30.3 Å². The van der Waals surface area contributed by atoms with Crippen LogP contribution in [0.15, 0.2) is 55.0 Å². The fraction of sp³-hybridized carbons (Fsp3) is 0.286. The highest BCUT2D eigenvalue weighted by Crippen LogP contribution is 2.31. The molecule has 1 atom stereocenters. The summed E-state index contributed by atoms with van der Waals surface area (Å²) < 4.78 is 1.94. The number of carbonyl (C=O) groups excluding carboxylic acids is 1. The molecular formula is C21H22N4O. The maximum Gasteiger partial charge on any atom is 0.227 e. The first-order valence-electron chi connectivity index (χ1n) is 9.04. The van der Waals surface area contributed by atoms with E-state index in [0.29, 0.717) is 6.54 Å². The Labute approximate surface area is 153 Å². The van der Waals surface area contributed by atoms with E-state index in [4.69, 9.17) is 0 Å². The smallest absolute Gasteiger partial charge is 0.227 e. The molecule has 1 unspecified atom stereocenters. The summed E-state index contributed by atoms with van der Waals surface area (Å²) in [4.78, 5) is 21.6. The minimum atomic E-state index is -0.0601. The number of nitrogens with zero attached hydrogens (tertiary/aromatic N) is 3. The standard InChI is InChI=1S/C21H22N4O/c1-15-22-12-13-25(15)20-17(8-5-11-23-20)14-24-21(26)19-10-4-7-16-6-2-3-9-18(16)19/h2-3,5-6,8-9,11-13,19H,4,7,10,14H2,1H3,(H,24,26). The summed E-state index contributed by atoms with van der Waals surface area (Å²) in [5.41, 5.74) is 3.45. The van der Waals surface area contributed by atoms with E-state index in [2.05, 4.69) is 33.5 Å². The molecule has 1 aliphatic rings. The van der Waals surface area contributed by atoms with E-state index < -0.39 is 0 Å². The number of hydrogen-bond donors (Lipinski definition) is 1. The Bertz CT molecular complexity index is 931. The fourth-order valence-electron chi connectivity index (χ4n) is 3.72. The van der Waals surface area contributed by atoms with Crippen LogP contribution >= 0.6 is 0 Å². The lowest BCUT2D eigenvalue weighted by Crippen LogP contribution is -2.31. The van der Waals surface area contributed by atoms with Crippen molar-refractivity contribution in [1.82, 2.24) is 19.9 Å². The maximum absolute atomic E-state index is 12.8. The lowest BCUT2D eigenvalue weighted by atomic mass is 9.82. The van der Waals surface area contributed by atoms with Crippen molar-refractivity contribution in [3.8, 4) is 5.82 Å². The molecule has 26 heavy (non-hydrogen) atoms. The summed E-state index contributed by atoms with van der Waals surface area (Å²) in [7, 11) is 0. The molecule has 0 saturated heterocycles. The molecule has 4 rings (SSSR count). The van der Waals surface area contributed by atoms with Crippen molar-refractivity contribution in [2.45, 2.75) is 38.6 Å². The number of nitrogens with one attached hydrogen (secondary N) is 1. The molecule has 2 heterocycles. The van der Waals surface area contributed by atoms with Crippen LogP contribution in [0.2, 0.25) is 0 Å². The van der Waals surface area contributed by atoms with Gasteiger partial charge in [0.2, 0.25) is 5.91 Å². The fourth-order valence-corrected chi connectivity index (χ4v) is 3.72. The van der Waals surface area contributed by atoms with Gasteiger partial charge in [0.1, 0.15) is 11.6 Å². The zero-order chi connectivity index (χ0) is 17.9. The molecule has 0 fully saturated rings. The minimum absolute atomic E-state index is 0.0601. The Morgan fingerprint density at radius 3 is 2.92 bits per heavy atom. The summed E-state index contributed by atoms with van der Waals surface area (Å²) in [6.45, 7) is 2.40. The van der Waals surface area contributed by atoms with E-state index in [1.807, 2.05) is 35.9 Å². The molecule has 3 aromatic rings. The zero-order valence-corrected chi connectivity index (χ0v) is 14.9. The predicted molar refractivity (Wildman–Crippen MR) is 100 cm³/mol. The maximum atomic E-state index is 12.8. The van der Waals surface area contributed by atoms with Gasteiger partial charge in [-0.15, -0.1) is 0 Å². The summed E-state index contributed by atoms with van der Waals surface area (Å²) in [6, 6.07) is 12.2. The zero-order valence-electron chi connectivity index (χ0n) is 14.9. The van der Waals surface area contributed by atoms with Gasteiger partial charge in [0, 0.05) is 30.7 Å². The molecular weight excluding hydrogens is 324 g/mol. The Kier molecular flexibility index (Phi) is 4.52. The molecule has 1 amide bonds. The summed E-state index contributed by atoms with van der Waals surface area (Å²) in [5, 5.41) is 3.12. The van der Waals surface area contributed by atoms with Crippen LogP contribution < -0.4 is 5.32 Å². The van der Waals surface area contributed by atoms with Gasteiger partial charge in [0.25, 0.3) is 0 Å². The van der Waals surface area contributed by atoms with Gasteiger partial charge in [-0.2, -0.15) is 0 Å². The first-order valence-corrected chi connectivity index (χ1v) is 9.04. The van der Waals surface area contributed by atoms with Gasteiger partial charge in [0.05, 0.1) is 5.92 Å². The van der Waals surface area contributed by atoms with Gasteiger partial charge in [-0.3, -0.25) is 9.36 Å². The molecule has 0 radical (unpaired) electrons. The molecule has 5 nitrogen and oxygen atoms in total. The molecule has 1 N–H and O–H groups in total. The van der Waals surface area contributed by atoms with Gasteiger partial charge in [0.15, 0.2) is 0 Å². The van der Waals surface area contributed by atoms with Crippen LogP contribution in [0, 0.1) is 6.92 Å². The van der Waals surface area contributed by atoms with Crippen molar-refractivity contribution in [3.05, 3.63) is 77.5 Å². The van der Waals surface area contributed by atoms with E-state index in [0.717, 1.165) is 36.5 Å². The normalized spacial score (nSPS) is 16.1. The van der Waals surface area contributed by atoms with E-state index in [9.17, 15) is 4.79 Å². The first kappa shape index (κ1) is 16.5. The van der Waals surface area contributed by atoms with Gasteiger partial charge < -0.3 is 5.32 Å². The monoisotopic (exact) mass is 346 g/mol. The molecule has 1 aliphatic carbocycles. The number of fused-ring (bicyclic) bond motifs is 1. The van der Waals surface area contributed by atoms with Crippen molar-refractivity contribution in [2.75, 3.05) is 0 Å². The molecule has 132 valence electrons. The van der Waals surface area contributed by atoms with E-state index >= 15 is 0 Å². The van der Waals surface area contributed by atoms with Crippen molar-refractivity contribution in [3.63, 3.8) is 0 Å². The van der Waals surface area contributed by atoms with Gasteiger partial charge >= 0.3 is 0 Å². The highest BCUT2D eigenvalue weighted by Gasteiger charge is 2.26. The second kappa shape index (κ2) is 7.12. The molecule has 2 aromatic heterocycles. The number of amides is 1. The van der Waals surface area contributed by atoms with Gasteiger partial charge in [-0.25, -0.2) is 9.97 Å². The number of carbonyl (C=O) groups is 1. The summed E-state index contributed by atoms with van der Waals surface area (Å²) in [5.74, 6) is 1.72. The Balaban J connectivity index is 1.52. The lowest BCUT2D eigenvalue weighted by molar-refractivity contribution is -0.123. The van der Waals surface area contributed by atoms with Crippen molar-refractivity contribution >= 4 is 5.91 Å². The van der Waals surface area contributed by atoms with Crippen LogP contribution in [0.4, 0.5) is 0 Å². The highest BCUT2D eigenvalue weighted by molar-refractivity contribution is 5.84. The third-order valence-electron chi connectivity index (χ3n) is 5.06. The molecule has 1 aromatic carbocycles. The van der Waals surface area contributed by atoms with Crippen LogP contribution in [0.5, 0.6) is 0 Å². The van der Waals surface area contributed by atoms with Crippen molar-refractivity contribution in [2.24, 2.45) is 0 Å². The number of benzene rings is 1. The number of aromatic nitrogens is 3. The lowest BCUT2D eigenvalue weighted by Gasteiger charge is -2.24. The van der Waals surface area contributed by atoms with Crippen LogP contribution in [0.1, 0.15) is 41.3 Å². The number of rotatable bonds is 4. The molecule has 0 saturated carbocycles. The van der Waals surface area contributed by atoms with Crippen LogP contribution in [0.25, 0.3) is 5.82 Å². The van der Waals surface area contributed by atoms with E-state index in [1.54, 1.807) is 12.4 Å². The number of imidazole rings is 1. The molecule has 0 aliphatic heterocycles. The largest absolute Gasteiger partial charge is 0.351 e. The molecule has 0 bridgehead atoms. The van der Waals surface area contributed by atoms with Crippen molar-refractivity contribution in [1.29, 1.82) is 0 Å². The third kappa shape index (κ3) is 3.12. The molecule has 5 heteroatoms. The highest BCUT2D eigenvalue weighted by atomic mass is 16.1. The number of aryl methyl sites for hydroxylation is 2. The third-order valence-corrected chi connectivity index (χ3v) is 5.06. The molecule has 0 spiro atoms. The average molecular weight is 346 g/mol. The van der Waals surface area contributed by atoms with E-state index in [1.165, 1.54) is 11.1 Å². The van der Waals surface area contributed by atoms with Crippen LogP contribution in [-0.4, -0.2) is 20.4 Å². The van der Waals surface area contributed by atoms with Gasteiger partial charge in [-0.05, 0) is 43.4 Å². The Morgan fingerprint density at radius 1 is 1.19 bits per heavy atom. The van der Waals surface area contributed by atoms with Crippen LogP contribution in [0.3, 0.4) is 0 Å². The SMILES string of the molecule is Cc1nccn1-c1ncccc1CNC(=O)C1CCCc2ccccc21. The van der Waals surface area contributed by atoms with Crippen molar-refractivity contribution < 1.29 is 4.79 Å². The van der Waals surface area contributed by atoms with E-state index in [-0.39, 0.29) is 11.8 Å². The number of hydrogen-bond acceptors (Lipinski definition) is 3. The predicted octanol–water partition coefficient (Wildman–Crippen LogP) is 3.31. The minimum Gasteiger partial charge on any atom is -0.351 e. The first-order chi connectivity index (χ1) is 12.7.